The van der Waals surface area contributed by atoms with Crippen LogP contribution in [0.4, 0.5) is 5.69 Å². The Morgan fingerprint density at radius 3 is 2.90 bits per heavy atom. The van der Waals surface area contributed by atoms with E-state index in [4.69, 9.17) is 11.2 Å². The number of nitro benzene ring substituents is 1. The number of carbonyl (C=O) groups is 1. The molecule has 112 valence electrons. The quantitative estimate of drug-likeness (QED) is 0.420. The highest BCUT2D eigenvalue weighted by molar-refractivity contribution is 5.77. The normalized spacial score (nSPS) is 9.71. The molecule has 21 heavy (non-hydrogen) atoms. The number of rotatable bonds is 8. The molecule has 2 N–H and O–H groups in total. The van der Waals surface area contributed by atoms with E-state index < -0.39 is 4.92 Å². The van der Waals surface area contributed by atoms with Gasteiger partial charge in [0.25, 0.3) is 11.6 Å². The molecule has 0 saturated heterocycles. The molecule has 1 aromatic rings. The standard InChI is InChI=1S/C14H17N3O4/c1-3-7-16-14(18)10-21-13-6-5-12(17(19)20)8-11(13)9-15-4-2/h1,5-6,8,15H,4,7,9-10H2,2H3,(H,16,18). The van der Waals surface area contributed by atoms with E-state index in [1.807, 2.05) is 6.92 Å². The molecule has 0 unspecified atom stereocenters. The molecule has 0 atom stereocenters. The second-order valence-electron chi connectivity index (χ2n) is 4.10. The van der Waals surface area contributed by atoms with E-state index >= 15 is 0 Å². The van der Waals surface area contributed by atoms with Crippen LogP contribution in [0.15, 0.2) is 18.2 Å². The number of nitro groups is 1. The minimum Gasteiger partial charge on any atom is -0.483 e. The van der Waals surface area contributed by atoms with Crippen LogP contribution < -0.4 is 15.4 Å². The predicted molar refractivity (Wildman–Crippen MR) is 77.8 cm³/mol. The van der Waals surface area contributed by atoms with Crippen molar-refractivity contribution in [1.82, 2.24) is 10.6 Å². The van der Waals surface area contributed by atoms with Gasteiger partial charge in [-0.3, -0.25) is 14.9 Å². The van der Waals surface area contributed by atoms with Gasteiger partial charge < -0.3 is 15.4 Å². The number of hydrogen-bond donors (Lipinski definition) is 2. The van der Waals surface area contributed by atoms with Crippen molar-refractivity contribution in [2.75, 3.05) is 19.7 Å². The van der Waals surface area contributed by atoms with Crippen LogP contribution in [0.25, 0.3) is 0 Å². The average Bonchev–Trinajstić information content (AvgIpc) is 2.48. The molecule has 0 heterocycles. The van der Waals surface area contributed by atoms with Crippen molar-refractivity contribution in [3.63, 3.8) is 0 Å². The van der Waals surface area contributed by atoms with Crippen LogP contribution >= 0.6 is 0 Å². The van der Waals surface area contributed by atoms with Gasteiger partial charge in [-0.25, -0.2) is 0 Å². The lowest BCUT2D eigenvalue weighted by Gasteiger charge is -2.11. The van der Waals surface area contributed by atoms with Crippen LogP contribution in [-0.2, 0) is 11.3 Å². The largest absolute Gasteiger partial charge is 0.483 e. The highest BCUT2D eigenvalue weighted by Gasteiger charge is 2.12. The highest BCUT2D eigenvalue weighted by Crippen LogP contribution is 2.24. The first-order chi connectivity index (χ1) is 10.1. The maximum atomic E-state index is 11.4. The van der Waals surface area contributed by atoms with Crippen LogP contribution in [0.3, 0.4) is 0 Å². The van der Waals surface area contributed by atoms with E-state index in [2.05, 4.69) is 16.6 Å². The molecule has 1 rings (SSSR count). The molecule has 0 bridgehead atoms. The zero-order chi connectivity index (χ0) is 15.7. The first kappa shape index (κ1) is 16.5. The molecule has 0 radical (unpaired) electrons. The van der Waals surface area contributed by atoms with Gasteiger partial charge in [-0.1, -0.05) is 12.8 Å². The number of carbonyl (C=O) groups excluding carboxylic acids is 1. The Hall–Kier alpha value is -2.59. The van der Waals surface area contributed by atoms with Gasteiger partial charge >= 0.3 is 0 Å². The van der Waals surface area contributed by atoms with Crippen LogP contribution in [0.2, 0.25) is 0 Å². The maximum absolute atomic E-state index is 11.4. The van der Waals surface area contributed by atoms with Gasteiger partial charge in [0.15, 0.2) is 6.61 Å². The lowest BCUT2D eigenvalue weighted by molar-refractivity contribution is -0.384. The van der Waals surface area contributed by atoms with Crippen LogP contribution in [0.1, 0.15) is 12.5 Å². The second kappa shape index (κ2) is 8.55. The van der Waals surface area contributed by atoms with Crippen LogP contribution in [0, 0.1) is 22.5 Å². The molecule has 0 saturated carbocycles. The molecule has 0 aliphatic rings. The topological polar surface area (TPSA) is 93.5 Å². The Labute approximate surface area is 122 Å². The summed E-state index contributed by atoms with van der Waals surface area (Å²) in [6, 6.07) is 4.25. The van der Waals surface area contributed by atoms with Crippen molar-refractivity contribution in [2.45, 2.75) is 13.5 Å². The van der Waals surface area contributed by atoms with Crippen molar-refractivity contribution in [3.8, 4) is 18.1 Å². The SMILES string of the molecule is C#CCNC(=O)COc1ccc([N+](=O)[O-])cc1CNCC. The van der Waals surface area contributed by atoms with Gasteiger partial charge in [-0.15, -0.1) is 6.42 Å². The molecule has 0 spiro atoms. The number of hydrogen-bond acceptors (Lipinski definition) is 5. The number of ether oxygens (including phenoxy) is 1. The first-order valence-corrected chi connectivity index (χ1v) is 6.39. The van der Waals surface area contributed by atoms with Gasteiger partial charge in [0, 0.05) is 24.2 Å². The smallest absolute Gasteiger partial charge is 0.270 e. The van der Waals surface area contributed by atoms with Gasteiger partial charge in [-0.2, -0.15) is 0 Å². The minimum atomic E-state index is -0.473. The summed E-state index contributed by atoms with van der Waals surface area (Å²) < 4.78 is 5.38. The van der Waals surface area contributed by atoms with Crippen molar-refractivity contribution >= 4 is 11.6 Å². The summed E-state index contributed by atoms with van der Waals surface area (Å²) in [7, 11) is 0. The van der Waals surface area contributed by atoms with E-state index in [9.17, 15) is 14.9 Å². The van der Waals surface area contributed by atoms with Crippen LogP contribution in [0.5, 0.6) is 5.75 Å². The summed E-state index contributed by atoms with van der Waals surface area (Å²) in [5.41, 5.74) is 0.600. The Balaban J connectivity index is 2.77. The minimum absolute atomic E-state index is 0.0213. The average molecular weight is 291 g/mol. The lowest BCUT2D eigenvalue weighted by Crippen LogP contribution is -2.29. The van der Waals surface area contributed by atoms with Crippen molar-refractivity contribution in [1.29, 1.82) is 0 Å². The van der Waals surface area contributed by atoms with E-state index in [-0.39, 0.29) is 24.7 Å². The third kappa shape index (κ3) is 5.50. The number of non-ortho nitro benzene ring substituents is 1. The molecule has 7 nitrogen and oxygen atoms in total. The zero-order valence-corrected chi connectivity index (χ0v) is 11.7. The third-order valence-corrected chi connectivity index (χ3v) is 2.57. The Bertz CT molecular complexity index is 552. The van der Waals surface area contributed by atoms with Crippen molar-refractivity contribution in [2.24, 2.45) is 0 Å². The van der Waals surface area contributed by atoms with Crippen molar-refractivity contribution in [3.05, 3.63) is 33.9 Å². The first-order valence-electron chi connectivity index (χ1n) is 6.39. The molecule has 0 fully saturated rings. The molecular formula is C14H17N3O4. The number of nitrogens with zero attached hydrogens (tertiary/aromatic N) is 1. The van der Waals surface area contributed by atoms with Gasteiger partial charge in [0.1, 0.15) is 5.75 Å². The molecule has 0 aliphatic carbocycles. The second-order valence-corrected chi connectivity index (χ2v) is 4.10. The highest BCUT2D eigenvalue weighted by atomic mass is 16.6. The lowest BCUT2D eigenvalue weighted by atomic mass is 10.1. The molecule has 0 aromatic heterocycles. The van der Waals surface area contributed by atoms with E-state index in [0.717, 1.165) is 0 Å². The molecule has 1 amide bonds. The van der Waals surface area contributed by atoms with E-state index in [1.54, 1.807) is 0 Å². The molecular weight excluding hydrogens is 274 g/mol. The Morgan fingerprint density at radius 1 is 1.52 bits per heavy atom. The summed E-state index contributed by atoms with van der Waals surface area (Å²) in [6.45, 7) is 2.99. The summed E-state index contributed by atoms with van der Waals surface area (Å²) in [4.78, 5) is 21.7. The van der Waals surface area contributed by atoms with E-state index in [0.29, 0.717) is 24.4 Å². The van der Waals surface area contributed by atoms with Gasteiger partial charge in [-0.05, 0) is 12.6 Å². The zero-order valence-electron chi connectivity index (χ0n) is 11.7. The Kier molecular flexibility index (Phi) is 6.71. The predicted octanol–water partition coefficient (Wildman–Crippen LogP) is 0.832. The summed E-state index contributed by atoms with van der Waals surface area (Å²) in [6.07, 6.45) is 5.03. The van der Waals surface area contributed by atoms with E-state index in [1.165, 1.54) is 18.2 Å². The Morgan fingerprint density at radius 2 is 2.29 bits per heavy atom. The number of terminal acetylenes is 1. The maximum Gasteiger partial charge on any atom is 0.270 e. The fraction of sp³-hybridized carbons (Fsp3) is 0.357. The summed E-state index contributed by atoms with van der Waals surface area (Å²) in [5, 5.41) is 16.3. The number of amides is 1. The van der Waals surface area contributed by atoms with Crippen LogP contribution in [-0.4, -0.2) is 30.5 Å². The number of benzene rings is 1. The fourth-order valence-electron chi connectivity index (χ4n) is 1.56. The number of nitrogens with one attached hydrogen (secondary N) is 2. The van der Waals surface area contributed by atoms with Gasteiger partial charge in [0.2, 0.25) is 0 Å². The fourth-order valence-corrected chi connectivity index (χ4v) is 1.56. The molecule has 7 heteroatoms. The third-order valence-electron chi connectivity index (χ3n) is 2.57. The van der Waals surface area contributed by atoms with Crippen molar-refractivity contribution < 1.29 is 14.5 Å². The summed E-state index contributed by atoms with van der Waals surface area (Å²) in [5.74, 6) is 2.37. The van der Waals surface area contributed by atoms with Gasteiger partial charge in [0.05, 0.1) is 11.5 Å². The monoisotopic (exact) mass is 291 g/mol. The summed E-state index contributed by atoms with van der Waals surface area (Å²) >= 11 is 0. The molecule has 0 aliphatic heterocycles. The molecule has 1 aromatic carbocycles.